The smallest absolute Gasteiger partial charge is 0.252 e. The largest absolute Gasteiger partial charge is 0.343 e. The van der Waals surface area contributed by atoms with Crippen molar-refractivity contribution in [1.82, 2.24) is 20.1 Å². The van der Waals surface area contributed by atoms with E-state index < -0.39 is 23.4 Å². The minimum Gasteiger partial charge on any atom is -0.343 e. The molecule has 0 saturated carbocycles. The van der Waals surface area contributed by atoms with Crippen LogP contribution in [0, 0.1) is 25.5 Å². The molecule has 0 saturated heterocycles. The Morgan fingerprint density at radius 1 is 1.15 bits per heavy atom. The number of nitrogens with zero attached hydrogens (tertiary/aromatic N) is 3. The molecule has 0 atom stereocenters. The number of pyridine rings is 1. The van der Waals surface area contributed by atoms with Gasteiger partial charge in [-0.25, -0.2) is 13.8 Å². The molecule has 0 aliphatic carbocycles. The first-order chi connectivity index (χ1) is 12.8. The van der Waals surface area contributed by atoms with Crippen LogP contribution in [0.25, 0.3) is 11.0 Å². The lowest BCUT2D eigenvalue weighted by Crippen LogP contribution is -2.33. The summed E-state index contributed by atoms with van der Waals surface area (Å²) in [6.45, 7) is 3.19. The summed E-state index contributed by atoms with van der Waals surface area (Å²) in [5.74, 6) is -3.11. The van der Waals surface area contributed by atoms with Crippen molar-refractivity contribution in [3.63, 3.8) is 0 Å². The van der Waals surface area contributed by atoms with Crippen LogP contribution in [0.15, 0.2) is 24.3 Å². The van der Waals surface area contributed by atoms with E-state index in [1.54, 1.807) is 31.6 Å². The second-order valence-electron chi connectivity index (χ2n) is 6.08. The Balaban J connectivity index is 1.73. The second-order valence-corrected chi connectivity index (χ2v) is 6.08. The van der Waals surface area contributed by atoms with E-state index in [2.05, 4.69) is 20.7 Å². The number of fused-ring (bicyclic) bond motifs is 1. The molecule has 0 fully saturated rings. The van der Waals surface area contributed by atoms with Gasteiger partial charge in [0.05, 0.1) is 23.2 Å². The molecule has 0 spiro atoms. The molecule has 3 aromatic rings. The van der Waals surface area contributed by atoms with Crippen LogP contribution in [-0.4, -0.2) is 33.1 Å². The van der Waals surface area contributed by atoms with Crippen LogP contribution in [0.1, 0.15) is 21.7 Å². The Labute approximate surface area is 153 Å². The highest BCUT2D eigenvalue weighted by atomic mass is 19.2. The molecule has 140 valence electrons. The van der Waals surface area contributed by atoms with Crippen LogP contribution < -0.4 is 10.6 Å². The number of anilines is 1. The lowest BCUT2D eigenvalue weighted by Gasteiger charge is -2.09. The summed E-state index contributed by atoms with van der Waals surface area (Å²) < 4.78 is 27.7. The van der Waals surface area contributed by atoms with Gasteiger partial charge >= 0.3 is 0 Å². The summed E-state index contributed by atoms with van der Waals surface area (Å²) in [4.78, 5) is 28.9. The van der Waals surface area contributed by atoms with Gasteiger partial charge < -0.3 is 10.6 Å². The summed E-state index contributed by atoms with van der Waals surface area (Å²) in [5.41, 5.74) is 2.32. The van der Waals surface area contributed by atoms with Gasteiger partial charge in [0, 0.05) is 24.5 Å². The molecule has 0 radical (unpaired) electrons. The zero-order chi connectivity index (χ0) is 19.7. The molecule has 2 aromatic heterocycles. The van der Waals surface area contributed by atoms with Crippen LogP contribution in [-0.2, 0) is 11.8 Å². The van der Waals surface area contributed by atoms with Crippen molar-refractivity contribution < 1.29 is 18.4 Å². The number of carbonyl (C=O) groups excluding carboxylic acids is 2. The van der Waals surface area contributed by atoms with Crippen LogP contribution in [0.4, 0.5) is 14.5 Å². The van der Waals surface area contributed by atoms with Gasteiger partial charge in [-0.1, -0.05) is 0 Å². The SMILES string of the molecule is Cc1cc(C(=O)NCC(=O)Nc2ccc(F)c(F)c2)c2c(C)nn(C)c2n1. The maximum atomic E-state index is 13.2. The summed E-state index contributed by atoms with van der Waals surface area (Å²) in [7, 11) is 1.73. The number of rotatable bonds is 4. The second kappa shape index (κ2) is 7.10. The molecule has 3 rings (SSSR count). The van der Waals surface area contributed by atoms with Crippen molar-refractivity contribution >= 4 is 28.5 Å². The van der Waals surface area contributed by atoms with Crippen molar-refractivity contribution in [1.29, 1.82) is 0 Å². The van der Waals surface area contributed by atoms with E-state index in [-0.39, 0.29) is 12.2 Å². The maximum Gasteiger partial charge on any atom is 0.252 e. The molecule has 0 aliphatic rings. The number of nitrogens with one attached hydrogen (secondary N) is 2. The van der Waals surface area contributed by atoms with Crippen molar-refractivity contribution in [2.24, 2.45) is 7.05 Å². The van der Waals surface area contributed by atoms with E-state index in [1.165, 1.54) is 6.07 Å². The molecule has 0 unspecified atom stereocenters. The molecular formula is C18H17F2N5O2. The Bertz CT molecular complexity index is 1060. The minimum atomic E-state index is -1.07. The van der Waals surface area contributed by atoms with E-state index in [1.807, 2.05) is 0 Å². The van der Waals surface area contributed by atoms with Gasteiger partial charge in [-0.15, -0.1) is 0 Å². The van der Waals surface area contributed by atoms with Crippen LogP contribution in [0.3, 0.4) is 0 Å². The Morgan fingerprint density at radius 2 is 1.89 bits per heavy atom. The van der Waals surface area contributed by atoms with Crippen LogP contribution >= 0.6 is 0 Å². The van der Waals surface area contributed by atoms with Crippen molar-refractivity contribution in [2.45, 2.75) is 13.8 Å². The molecule has 2 amide bonds. The zero-order valence-electron chi connectivity index (χ0n) is 14.9. The highest BCUT2D eigenvalue weighted by Crippen LogP contribution is 2.21. The molecule has 2 N–H and O–H groups in total. The van der Waals surface area contributed by atoms with E-state index >= 15 is 0 Å². The van der Waals surface area contributed by atoms with E-state index in [0.717, 1.165) is 12.1 Å². The molecule has 2 heterocycles. The first kappa shape index (κ1) is 18.4. The van der Waals surface area contributed by atoms with E-state index in [9.17, 15) is 18.4 Å². The van der Waals surface area contributed by atoms with Gasteiger partial charge in [0.15, 0.2) is 17.3 Å². The molecule has 0 bridgehead atoms. The first-order valence-corrected chi connectivity index (χ1v) is 8.10. The molecular weight excluding hydrogens is 356 g/mol. The number of hydrogen-bond donors (Lipinski definition) is 2. The number of carbonyl (C=O) groups is 2. The number of amides is 2. The summed E-state index contributed by atoms with van der Waals surface area (Å²) in [6, 6.07) is 4.63. The summed E-state index contributed by atoms with van der Waals surface area (Å²) >= 11 is 0. The topological polar surface area (TPSA) is 88.9 Å². The van der Waals surface area contributed by atoms with Crippen molar-refractivity contribution in [3.8, 4) is 0 Å². The number of aryl methyl sites for hydroxylation is 3. The Kier molecular flexibility index (Phi) is 4.85. The van der Waals surface area contributed by atoms with Gasteiger partial charge in [0.1, 0.15) is 0 Å². The van der Waals surface area contributed by atoms with Gasteiger partial charge in [0.2, 0.25) is 5.91 Å². The van der Waals surface area contributed by atoms with Crippen molar-refractivity contribution in [2.75, 3.05) is 11.9 Å². The Hall–Kier alpha value is -3.36. The number of halogens is 2. The van der Waals surface area contributed by atoms with Crippen LogP contribution in [0.2, 0.25) is 0 Å². The molecule has 9 heteroatoms. The van der Waals surface area contributed by atoms with Crippen LogP contribution in [0.5, 0.6) is 0 Å². The molecule has 1 aromatic carbocycles. The third kappa shape index (κ3) is 3.76. The average molecular weight is 373 g/mol. The first-order valence-electron chi connectivity index (χ1n) is 8.10. The quantitative estimate of drug-likeness (QED) is 0.734. The normalized spacial score (nSPS) is 10.9. The minimum absolute atomic E-state index is 0.0957. The van der Waals surface area contributed by atoms with E-state index in [0.29, 0.717) is 28.0 Å². The fraction of sp³-hybridized carbons (Fsp3) is 0.222. The Morgan fingerprint density at radius 3 is 2.59 bits per heavy atom. The number of aromatic nitrogens is 3. The van der Waals surface area contributed by atoms with Gasteiger partial charge in [-0.3, -0.25) is 14.3 Å². The fourth-order valence-electron chi connectivity index (χ4n) is 2.78. The van der Waals surface area contributed by atoms with Crippen molar-refractivity contribution in [3.05, 3.63) is 52.9 Å². The number of hydrogen-bond acceptors (Lipinski definition) is 4. The monoisotopic (exact) mass is 373 g/mol. The average Bonchev–Trinajstić information content (AvgIpc) is 2.89. The van der Waals surface area contributed by atoms with Gasteiger partial charge in [-0.2, -0.15) is 5.10 Å². The molecule has 7 nitrogen and oxygen atoms in total. The third-order valence-electron chi connectivity index (χ3n) is 3.95. The lowest BCUT2D eigenvalue weighted by atomic mass is 10.1. The summed E-state index contributed by atoms with van der Waals surface area (Å²) in [5, 5.41) is 9.79. The zero-order valence-corrected chi connectivity index (χ0v) is 14.9. The fourth-order valence-corrected chi connectivity index (χ4v) is 2.78. The highest BCUT2D eigenvalue weighted by molar-refractivity contribution is 6.08. The highest BCUT2D eigenvalue weighted by Gasteiger charge is 2.18. The number of benzene rings is 1. The standard InChI is InChI=1S/C18H17F2N5O2/c1-9-6-12(16-10(2)24-25(3)17(16)22-9)18(27)21-8-15(26)23-11-4-5-13(19)14(20)7-11/h4-7H,8H2,1-3H3,(H,21,27)(H,23,26). The predicted octanol–water partition coefficient (Wildman–Crippen LogP) is 2.23. The maximum absolute atomic E-state index is 13.2. The van der Waals surface area contributed by atoms with Gasteiger partial charge in [0.25, 0.3) is 5.91 Å². The lowest BCUT2D eigenvalue weighted by molar-refractivity contribution is -0.115. The van der Waals surface area contributed by atoms with E-state index in [4.69, 9.17) is 0 Å². The summed E-state index contributed by atoms with van der Waals surface area (Å²) in [6.07, 6.45) is 0. The third-order valence-corrected chi connectivity index (χ3v) is 3.95. The van der Waals surface area contributed by atoms with Gasteiger partial charge in [-0.05, 0) is 32.0 Å². The molecule has 0 aliphatic heterocycles. The predicted molar refractivity (Wildman–Crippen MR) is 95.3 cm³/mol. The molecule has 27 heavy (non-hydrogen) atoms.